The number of rotatable bonds is 5. The minimum Gasteiger partial charge on any atom is -0.325 e. The summed E-state index contributed by atoms with van der Waals surface area (Å²) in [6, 6.07) is 4.39. The Morgan fingerprint density at radius 2 is 1.94 bits per heavy atom. The van der Waals surface area contributed by atoms with Crippen LogP contribution < -0.4 is 11.1 Å². The van der Waals surface area contributed by atoms with Crippen molar-refractivity contribution in [3.05, 3.63) is 28.2 Å². The van der Waals surface area contributed by atoms with Gasteiger partial charge >= 0.3 is 0 Å². The fourth-order valence-electron chi connectivity index (χ4n) is 1.42. The quantitative estimate of drug-likeness (QED) is 0.864. The molecular weight excluding hydrogens is 259 g/mol. The van der Waals surface area contributed by atoms with E-state index in [1.165, 1.54) is 0 Å². The van der Waals surface area contributed by atoms with Crippen molar-refractivity contribution in [3.63, 3.8) is 0 Å². The zero-order valence-corrected chi connectivity index (χ0v) is 11.2. The Labute approximate surface area is 111 Å². The van der Waals surface area contributed by atoms with Crippen molar-refractivity contribution in [1.82, 2.24) is 0 Å². The topological polar surface area (TPSA) is 55.1 Å². The fraction of sp³-hybridized carbons (Fsp3) is 0.417. The third kappa shape index (κ3) is 4.94. The zero-order valence-electron chi connectivity index (χ0n) is 9.67. The second-order valence-electron chi connectivity index (χ2n) is 3.90. The lowest BCUT2D eigenvalue weighted by molar-refractivity contribution is -0.117. The van der Waals surface area contributed by atoms with Crippen LogP contribution in [0.25, 0.3) is 0 Å². The van der Waals surface area contributed by atoms with Gasteiger partial charge in [0.25, 0.3) is 0 Å². The van der Waals surface area contributed by atoms with Crippen molar-refractivity contribution >= 4 is 34.8 Å². The maximum Gasteiger partial charge on any atom is 0.241 e. The van der Waals surface area contributed by atoms with Crippen molar-refractivity contribution in [2.24, 2.45) is 5.73 Å². The van der Waals surface area contributed by atoms with Crippen molar-refractivity contribution in [1.29, 1.82) is 0 Å². The SMILES string of the molecule is CCCCC(N)C(=O)Nc1cc(Cl)cc(Cl)c1. The van der Waals surface area contributed by atoms with E-state index >= 15 is 0 Å². The number of hydrogen-bond donors (Lipinski definition) is 2. The largest absolute Gasteiger partial charge is 0.325 e. The van der Waals surface area contributed by atoms with Crippen LogP contribution in [0.3, 0.4) is 0 Å². The van der Waals surface area contributed by atoms with Gasteiger partial charge in [0.05, 0.1) is 6.04 Å². The molecule has 17 heavy (non-hydrogen) atoms. The first-order valence-electron chi connectivity index (χ1n) is 5.55. The normalized spacial score (nSPS) is 12.2. The van der Waals surface area contributed by atoms with Crippen molar-refractivity contribution < 1.29 is 4.79 Å². The molecule has 0 radical (unpaired) electrons. The molecule has 0 bridgehead atoms. The van der Waals surface area contributed by atoms with Gasteiger partial charge in [-0.2, -0.15) is 0 Å². The van der Waals surface area contributed by atoms with E-state index < -0.39 is 6.04 Å². The first kappa shape index (κ1) is 14.3. The molecule has 1 amide bonds. The van der Waals surface area contributed by atoms with Crippen molar-refractivity contribution in [2.75, 3.05) is 5.32 Å². The summed E-state index contributed by atoms with van der Waals surface area (Å²) in [4.78, 5) is 11.7. The number of hydrogen-bond acceptors (Lipinski definition) is 2. The van der Waals surface area contributed by atoms with Crippen LogP contribution in [0.5, 0.6) is 0 Å². The minimum atomic E-state index is -0.493. The Balaban J connectivity index is 2.61. The smallest absolute Gasteiger partial charge is 0.241 e. The molecular formula is C12H16Cl2N2O. The van der Waals surface area contributed by atoms with Crippen LogP contribution in [0.2, 0.25) is 10.0 Å². The van der Waals surface area contributed by atoms with E-state index in [0.29, 0.717) is 22.2 Å². The first-order valence-corrected chi connectivity index (χ1v) is 6.31. The lowest BCUT2D eigenvalue weighted by Crippen LogP contribution is -2.35. The highest BCUT2D eigenvalue weighted by Crippen LogP contribution is 2.22. The lowest BCUT2D eigenvalue weighted by Gasteiger charge is -2.12. The number of amides is 1. The highest BCUT2D eigenvalue weighted by Gasteiger charge is 2.13. The number of nitrogens with one attached hydrogen (secondary N) is 1. The zero-order chi connectivity index (χ0) is 12.8. The Hall–Kier alpha value is -0.770. The number of anilines is 1. The summed E-state index contributed by atoms with van der Waals surface area (Å²) in [5, 5.41) is 3.66. The highest BCUT2D eigenvalue weighted by molar-refractivity contribution is 6.35. The maximum absolute atomic E-state index is 11.7. The minimum absolute atomic E-state index is 0.211. The van der Waals surface area contributed by atoms with Gasteiger partial charge in [0.2, 0.25) is 5.91 Å². The van der Waals surface area contributed by atoms with Crippen LogP contribution in [-0.4, -0.2) is 11.9 Å². The highest BCUT2D eigenvalue weighted by atomic mass is 35.5. The second-order valence-corrected chi connectivity index (χ2v) is 4.77. The summed E-state index contributed by atoms with van der Waals surface area (Å²) in [6.45, 7) is 2.06. The molecule has 5 heteroatoms. The number of unbranched alkanes of at least 4 members (excludes halogenated alkanes) is 1. The van der Waals surface area contributed by atoms with E-state index in [-0.39, 0.29) is 5.91 Å². The molecule has 0 heterocycles. The number of carbonyl (C=O) groups excluding carboxylic acids is 1. The van der Waals surface area contributed by atoms with Crippen LogP contribution in [0.1, 0.15) is 26.2 Å². The van der Waals surface area contributed by atoms with Gasteiger partial charge in [-0.3, -0.25) is 4.79 Å². The van der Waals surface area contributed by atoms with Crippen LogP contribution in [0.4, 0.5) is 5.69 Å². The average Bonchev–Trinajstić information content (AvgIpc) is 2.24. The lowest BCUT2D eigenvalue weighted by atomic mass is 10.1. The number of benzene rings is 1. The van der Waals surface area contributed by atoms with Gasteiger partial charge in [0, 0.05) is 15.7 Å². The van der Waals surface area contributed by atoms with Crippen LogP contribution >= 0.6 is 23.2 Å². The molecule has 0 aliphatic heterocycles. The van der Waals surface area contributed by atoms with Crippen molar-refractivity contribution in [2.45, 2.75) is 32.2 Å². The molecule has 1 aromatic carbocycles. The molecule has 0 fully saturated rings. The standard InChI is InChI=1S/C12H16Cl2N2O/c1-2-3-4-11(15)12(17)16-10-6-8(13)5-9(14)7-10/h5-7,11H,2-4,15H2,1H3,(H,16,17). The Morgan fingerprint density at radius 1 is 1.35 bits per heavy atom. The molecule has 3 nitrogen and oxygen atoms in total. The average molecular weight is 275 g/mol. The molecule has 1 aromatic rings. The Bertz CT molecular complexity index is 376. The predicted octanol–water partition coefficient (Wildman–Crippen LogP) is 3.45. The summed E-state index contributed by atoms with van der Waals surface area (Å²) in [7, 11) is 0. The van der Waals surface area contributed by atoms with E-state index in [1.54, 1.807) is 18.2 Å². The molecule has 0 saturated carbocycles. The molecule has 3 N–H and O–H groups in total. The molecule has 0 aromatic heterocycles. The second kappa shape index (κ2) is 6.84. The summed E-state index contributed by atoms with van der Waals surface area (Å²) < 4.78 is 0. The van der Waals surface area contributed by atoms with Gasteiger partial charge < -0.3 is 11.1 Å². The van der Waals surface area contributed by atoms with Crippen LogP contribution in [0.15, 0.2) is 18.2 Å². The third-order valence-electron chi connectivity index (χ3n) is 2.34. The van der Waals surface area contributed by atoms with Gasteiger partial charge in [-0.15, -0.1) is 0 Å². The molecule has 0 spiro atoms. The molecule has 94 valence electrons. The molecule has 1 atom stereocenters. The molecule has 0 aliphatic carbocycles. The van der Waals surface area contributed by atoms with E-state index in [4.69, 9.17) is 28.9 Å². The van der Waals surface area contributed by atoms with E-state index in [1.807, 2.05) is 0 Å². The van der Waals surface area contributed by atoms with Crippen LogP contribution in [-0.2, 0) is 4.79 Å². The molecule has 1 unspecified atom stereocenters. The summed E-state index contributed by atoms with van der Waals surface area (Å²) in [5.41, 5.74) is 6.32. The summed E-state index contributed by atoms with van der Waals surface area (Å²) in [5.74, 6) is -0.211. The monoisotopic (exact) mass is 274 g/mol. The van der Waals surface area contributed by atoms with Crippen LogP contribution in [0, 0.1) is 0 Å². The third-order valence-corrected chi connectivity index (χ3v) is 2.77. The molecule has 0 saturated heterocycles. The van der Waals surface area contributed by atoms with Gasteiger partial charge in [0.15, 0.2) is 0 Å². The Morgan fingerprint density at radius 3 is 2.47 bits per heavy atom. The van der Waals surface area contributed by atoms with Gasteiger partial charge in [-0.05, 0) is 24.6 Å². The Kier molecular flexibility index (Phi) is 5.75. The number of carbonyl (C=O) groups is 1. The first-order chi connectivity index (χ1) is 8.02. The molecule has 1 rings (SSSR count). The van der Waals surface area contributed by atoms with E-state index in [9.17, 15) is 4.79 Å². The maximum atomic E-state index is 11.7. The van der Waals surface area contributed by atoms with Gasteiger partial charge in [-0.1, -0.05) is 43.0 Å². The van der Waals surface area contributed by atoms with Crippen molar-refractivity contribution in [3.8, 4) is 0 Å². The number of nitrogens with two attached hydrogens (primary N) is 1. The van der Waals surface area contributed by atoms with Gasteiger partial charge in [0.1, 0.15) is 0 Å². The molecule has 0 aliphatic rings. The summed E-state index contributed by atoms with van der Waals surface area (Å²) >= 11 is 11.7. The predicted molar refractivity (Wildman–Crippen MR) is 72.6 cm³/mol. The summed E-state index contributed by atoms with van der Waals surface area (Å²) in [6.07, 6.45) is 2.63. The fourth-order valence-corrected chi connectivity index (χ4v) is 1.94. The number of halogens is 2. The van der Waals surface area contributed by atoms with E-state index in [0.717, 1.165) is 12.8 Å². The van der Waals surface area contributed by atoms with Gasteiger partial charge in [-0.25, -0.2) is 0 Å². The van der Waals surface area contributed by atoms with E-state index in [2.05, 4.69) is 12.2 Å².